The van der Waals surface area contributed by atoms with Crippen molar-refractivity contribution in [2.45, 2.75) is 57.3 Å². The predicted octanol–water partition coefficient (Wildman–Crippen LogP) is 2.13. The van der Waals surface area contributed by atoms with Crippen molar-refractivity contribution in [3.63, 3.8) is 0 Å². The number of aryl methyl sites for hydroxylation is 1. The zero-order valence-electron chi connectivity index (χ0n) is 17.8. The van der Waals surface area contributed by atoms with Gasteiger partial charge in [0.2, 0.25) is 0 Å². The molecule has 1 spiro atoms. The van der Waals surface area contributed by atoms with Gasteiger partial charge in [0, 0.05) is 54.3 Å². The molecule has 3 saturated heterocycles. The topological polar surface area (TPSA) is 71.1 Å². The standard InChI is InChI=1S/C22H31N3O4S/c1-3-16-8-17-19(30-16)4-7-28-22(17)5-6-24(14(2)9-22)11-15-12-25(13-15)20(26)18-10-23-21(27)29-18/h8,14-15,18H,3-7,9-13H2,1-2H3,(H,23,27)/t14-,18?,22+/m0/s1. The maximum atomic E-state index is 12.4. The summed E-state index contributed by atoms with van der Waals surface area (Å²) in [6, 6.07) is 2.86. The number of piperidine rings is 1. The summed E-state index contributed by atoms with van der Waals surface area (Å²) >= 11 is 1.97. The van der Waals surface area contributed by atoms with Gasteiger partial charge in [-0.1, -0.05) is 6.92 Å². The quantitative estimate of drug-likeness (QED) is 0.788. The average molecular weight is 434 g/mol. The molecule has 5 heterocycles. The molecule has 0 saturated carbocycles. The molecule has 3 fully saturated rings. The Morgan fingerprint density at radius 1 is 1.40 bits per heavy atom. The lowest BCUT2D eigenvalue weighted by Gasteiger charge is -2.50. The van der Waals surface area contributed by atoms with Crippen LogP contribution in [-0.2, 0) is 32.7 Å². The summed E-state index contributed by atoms with van der Waals surface area (Å²) in [6.07, 6.45) is 3.09. The number of nitrogens with zero attached hydrogens (tertiary/aromatic N) is 2. The van der Waals surface area contributed by atoms with Gasteiger partial charge in [0.05, 0.1) is 18.8 Å². The van der Waals surface area contributed by atoms with E-state index in [0.717, 1.165) is 58.5 Å². The summed E-state index contributed by atoms with van der Waals surface area (Å²) in [7, 11) is 0. The lowest BCUT2D eigenvalue weighted by atomic mass is 9.79. The van der Waals surface area contributed by atoms with E-state index >= 15 is 0 Å². The summed E-state index contributed by atoms with van der Waals surface area (Å²) in [4.78, 5) is 31.0. The lowest BCUT2D eigenvalue weighted by molar-refractivity contribution is -0.146. The number of carbonyl (C=O) groups excluding carboxylic acids is 2. The molecule has 3 atom stereocenters. The van der Waals surface area contributed by atoms with Gasteiger partial charge in [-0.15, -0.1) is 11.3 Å². The monoisotopic (exact) mass is 433 g/mol. The molecule has 0 bridgehead atoms. The van der Waals surface area contributed by atoms with Gasteiger partial charge < -0.3 is 24.6 Å². The summed E-state index contributed by atoms with van der Waals surface area (Å²) in [6.45, 7) is 9.23. The zero-order chi connectivity index (χ0) is 20.9. The lowest BCUT2D eigenvalue weighted by Crippen LogP contribution is -2.59. The first-order valence-electron chi connectivity index (χ1n) is 11.2. The Kier molecular flexibility index (Phi) is 5.27. The van der Waals surface area contributed by atoms with Crippen LogP contribution in [-0.4, -0.2) is 73.3 Å². The van der Waals surface area contributed by atoms with E-state index < -0.39 is 12.2 Å². The molecule has 1 aromatic rings. The number of carbonyl (C=O) groups is 2. The highest BCUT2D eigenvalue weighted by Gasteiger charge is 2.46. The summed E-state index contributed by atoms with van der Waals surface area (Å²) in [5.41, 5.74) is 1.36. The van der Waals surface area contributed by atoms with Crippen molar-refractivity contribution in [3.8, 4) is 0 Å². The number of fused-ring (bicyclic) bond motifs is 2. The van der Waals surface area contributed by atoms with Crippen LogP contribution in [0.2, 0.25) is 0 Å². The highest BCUT2D eigenvalue weighted by atomic mass is 32.1. The summed E-state index contributed by atoms with van der Waals surface area (Å²) in [5, 5.41) is 2.55. The molecule has 2 amide bonds. The van der Waals surface area contributed by atoms with E-state index in [1.54, 1.807) is 0 Å². The third kappa shape index (κ3) is 3.52. The average Bonchev–Trinajstić information content (AvgIpc) is 3.32. The Balaban J connectivity index is 1.16. The first-order valence-corrected chi connectivity index (χ1v) is 12.0. The Morgan fingerprint density at radius 3 is 2.93 bits per heavy atom. The Hall–Kier alpha value is -1.64. The van der Waals surface area contributed by atoms with Gasteiger partial charge in [0.25, 0.3) is 5.91 Å². The molecule has 4 aliphatic rings. The predicted molar refractivity (Wildman–Crippen MR) is 114 cm³/mol. The third-order valence-corrected chi connectivity index (χ3v) is 8.52. The van der Waals surface area contributed by atoms with Crippen LogP contribution in [0.15, 0.2) is 6.07 Å². The van der Waals surface area contributed by atoms with Crippen LogP contribution in [0.5, 0.6) is 0 Å². The smallest absolute Gasteiger partial charge is 0.408 e. The number of hydrogen-bond donors (Lipinski definition) is 1. The van der Waals surface area contributed by atoms with Gasteiger partial charge in [-0.05, 0) is 37.8 Å². The highest BCUT2D eigenvalue weighted by Crippen LogP contribution is 2.46. The van der Waals surface area contributed by atoms with Crippen LogP contribution in [0.25, 0.3) is 0 Å². The van der Waals surface area contributed by atoms with Gasteiger partial charge in [0.1, 0.15) is 0 Å². The largest absolute Gasteiger partial charge is 0.434 e. The minimum Gasteiger partial charge on any atom is -0.434 e. The fourth-order valence-electron chi connectivity index (χ4n) is 5.47. The van der Waals surface area contributed by atoms with E-state index in [0.29, 0.717) is 12.0 Å². The molecular weight excluding hydrogens is 402 g/mol. The number of likely N-dealkylation sites (tertiary alicyclic amines) is 2. The van der Waals surface area contributed by atoms with E-state index in [2.05, 4.69) is 30.1 Å². The molecule has 0 radical (unpaired) electrons. The number of alkyl carbamates (subject to hydrolysis) is 1. The number of amides is 2. The normalized spacial score (nSPS) is 31.9. The van der Waals surface area contributed by atoms with E-state index in [4.69, 9.17) is 9.47 Å². The van der Waals surface area contributed by atoms with E-state index in [9.17, 15) is 9.59 Å². The summed E-state index contributed by atoms with van der Waals surface area (Å²) < 4.78 is 11.5. The third-order valence-electron chi connectivity index (χ3n) is 7.18. The SMILES string of the molecule is CCc1cc2c(s1)CCO[C@@]21CCN(CC2CN(C(=O)C3CNC(=O)O3)C2)[C@@H](C)C1. The number of rotatable bonds is 4. The second-order valence-electron chi connectivity index (χ2n) is 9.18. The molecular formula is C22H31N3O4S. The number of ether oxygens (including phenoxy) is 2. The zero-order valence-corrected chi connectivity index (χ0v) is 18.6. The van der Waals surface area contributed by atoms with Crippen molar-refractivity contribution in [2.75, 3.05) is 39.3 Å². The molecule has 1 unspecified atom stereocenters. The number of cyclic esters (lactones) is 1. The van der Waals surface area contributed by atoms with Gasteiger partial charge >= 0.3 is 6.09 Å². The van der Waals surface area contributed by atoms with Crippen molar-refractivity contribution in [1.29, 1.82) is 0 Å². The van der Waals surface area contributed by atoms with Crippen LogP contribution in [0, 0.1) is 5.92 Å². The molecule has 30 heavy (non-hydrogen) atoms. The van der Waals surface area contributed by atoms with Gasteiger partial charge in [-0.25, -0.2) is 4.79 Å². The number of thiophene rings is 1. The minimum atomic E-state index is -0.650. The van der Waals surface area contributed by atoms with Crippen molar-refractivity contribution in [3.05, 3.63) is 21.4 Å². The number of hydrogen-bond acceptors (Lipinski definition) is 6. The molecule has 7 nitrogen and oxygen atoms in total. The van der Waals surface area contributed by atoms with Gasteiger partial charge in [-0.3, -0.25) is 4.79 Å². The molecule has 0 aromatic carbocycles. The van der Waals surface area contributed by atoms with Crippen LogP contribution in [0.3, 0.4) is 0 Å². The van der Waals surface area contributed by atoms with Gasteiger partial charge in [-0.2, -0.15) is 0 Å². The van der Waals surface area contributed by atoms with E-state index in [1.165, 1.54) is 15.3 Å². The Bertz CT molecular complexity index is 836. The fourth-order valence-corrected chi connectivity index (χ4v) is 6.65. The molecule has 8 heteroatoms. The molecule has 1 aromatic heterocycles. The maximum absolute atomic E-state index is 12.4. The second-order valence-corrected chi connectivity index (χ2v) is 10.4. The van der Waals surface area contributed by atoms with Crippen molar-refractivity contribution in [1.82, 2.24) is 15.1 Å². The van der Waals surface area contributed by atoms with E-state index in [-0.39, 0.29) is 18.1 Å². The second kappa shape index (κ2) is 7.80. The van der Waals surface area contributed by atoms with Crippen molar-refractivity contribution in [2.24, 2.45) is 5.92 Å². The van der Waals surface area contributed by atoms with Crippen LogP contribution >= 0.6 is 11.3 Å². The molecule has 164 valence electrons. The first-order chi connectivity index (χ1) is 14.5. The Morgan fingerprint density at radius 2 is 2.23 bits per heavy atom. The maximum Gasteiger partial charge on any atom is 0.408 e. The van der Waals surface area contributed by atoms with Crippen molar-refractivity contribution >= 4 is 23.3 Å². The van der Waals surface area contributed by atoms with E-state index in [1.807, 2.05) is 16.2 Å². The highest BCUT2D eigenvalue weighted by molar-refractivity contribution is 7.12. The fraction of sp³-hybridized carbons (Fsp3) is 0.727. The minimum absolute atomic E-state index is 0.0671. The molecule has 4 aliphatic heterocycles. The molecule has 1 N–H and O–H groups in total. The summed E-state index contributed by atoms with van der Waals surface area (Å²) in [5.74, 6) is 0.425. The van der Waals surface area contributed by atoms with Crippen molar-refractivity contribution < 1.29 is 19.1 Å². The van der Waals surface area contributed by atoms with Crippen LogP contribution in [0.4, 0.5) is 4.79 Å². The first kappa shape index (κ1) is 20.3. The van der Waals surface area contributed by atoms with Crippen LogP contribution < -0.4 is 5.32 Å². The molecule has 5 rings (SSSR count). The molecule has 0 aliphatic carbocycles. The van der Waals surface area contributed by atoms with Gasteiger partial charge in [0.15, 0.2) is 6.10 Å². The Labute approximate surface area is 181 Å². The number of nitrogens with one attached hydrogen (secondary N) is 1. The van der Waals surface area contributed by atoms with Crippen LogP contribution in [0.1, 0.15) is 42.0 Å².